The molecule has 0 atom stereocenters. The van der Waals surface area contributed by atoms with Crippen LogP contribution in [0.1, 0.15) is 17.3 Å². The minimum absolute atomic E-state index is 0.171. The number of ether oxygens (including phenoxy) is 1. The van der Waals surface area contributed by atoms with Gasteiger partial charge in [0.2, 0.25) is 5.78 Å². The fourth-order valence-electron chi connectivity index (χ4n) is 1.50. The zero-order valence-corrected chi connectivity index (χ0v) is 12.9. The normalized spacial score (nSPS) is 9.24. The first-order chi connectivity index (χ1) is 10.1. The van der Waals surface area contributed by atoms with Crippen molar-refractivity contribution in [1.29, 1.82) is 0 Å². The van der Waals surface area contributed by atoms with Gasteiger partial charge in [0.1, 0.15) is 0 Å². The molecule has 0 aromatic heterocycles. The van der Waals surface area contributed by atoms with Crippen LogP contribution in [-0.4, -0.2) is 24.6 Å². The maximum atomic E-state index is 11.6. The van der Waals surface area contributed by atoms with Crippen LogP contribution in [0.15, 0.2) is 65.6 Å². The van der Waals surface area contributed by atoms with Gasteiger partial charge in [-0.2, -0.15) is 0 Å². The highest BCUT2D eigenvalue weighted by atomic mass is 32.2. The first kappa shape index (κ1) is 17.0. The van der Waals surface area contributed by atoms with E-state index in [4.69, 9.17) is 0 Å². The Hall–Kier alpha value is -2.07. The molecule has 4 heteroatoms. The van der Waals surface area contributed by atoms with E-state index in [0.717, 1.165) is 4.90 Å². The van der Waals surface area contributed by atoms with Gasteiger partial charge in [0.05, 0.1) is 0 Å². The molecular formula is C17H18O3S. The molecule has 0 bridgehead atoms. The molecule has 0 spiro atoms. The van der Waals surface area contributed by atoms with E-state index in [1.54, 1.807) is 12.1 Å². The Labute approximate surface area is 129 Å². The molecule has 0 saturated carbocycles. The molecule has 3 nitrogen and oxygen atoms in total. The predicted octanol–water partition coefficient (Wildman–Crippen LogP) is 3.84. The largest absolute Gasteiger partial charge is 0.457 e. The Morgan fingerprint density at radius 3 is 1.95 bits per heavy atom. The molecule has 0 fully saturated rings. The van der Waals surface area contributed by atoms with Crippen molar-refractivity contribution in [3.8, 4) is 0 Å². The van der Waals surface area contributed by atoms with Gasteiger partial charge in [-0.1, -0.05) is 54.6 Å². The van der Waals surface area contributed by atoms with Crippen LogP contribution in [0.2, 0.25) is 0 Å². The summed E-state index contributed by atoms with van der Waals surface area (Å²) in [6.07, 6.45) is 1.90. The fourth-order valence-corrected chi connectivity index (χ4v) is 2.12. The highest BCUT2D eigenvalue weighted by Crippen LogP contribution is 2.20. The summed E-state index contributed by atoms with van der Waals surface area (Å²) < 4.78 is 4.66. The lowest BCUT2D eigenvalue weighted by atomic mass is 10.1. The molecule has 2 rings (SSSR count). The third kappa shape index (κ3) is 6.77. The first-order valence-corrected chi connectivity index (χ1v) is 7.67. The summed E-state index contributed by atoms with van der Waals surface area (Å²) in [5.74, 6) is -0.611. The molecule has 21 heavy (non-hydrogen) atoms. The SMILES string of the molecule is CSc1ccccc1C(=O)COC(C)=O.c1ccccc1. The average Bonchev–Trinajstić information content (AvgIpc) is 2.54. The van der Waals surface area contributed by atoms with Gasteiger partial charge in [-0.05, 0) is 12.3 Å². The molecule has 2 aromatic carbocycles. The third-order valence-electron chi connectivity index (χ3n) is 2.48. The van der Waals surface area contributed by atoms with Crippen LogP contribution < -0.4 is 0 Å². The van der Waals surface area contributed by atoms with E-state index < -0.39 is 5.97 Å². The molecular weight excluding hydrogens is 284 g/mol. The fraction of sp³-hybridized carbons (Fsp3) is 0.176. The zero-order valence-electron chi connectivity index (χ0n) is 12.1. The number of esters is 1. The van der Waals surface area contributed by atoms with Crippen LogP contribution in [0.25, 0.3) is 0 Å². The summed E-state index contributed by atoms with van der Waals surface area (Å²) in [5.41, 5.74) is 0.603. The highest BCUT2D eigenvalue weighted by Gasteiger charge is 2.11. The highest BCUT2D eigenvalue weighted by molar-refractivity contribution is 7.98. The van der Waals surface area contributed by atoms with E-state index in [9.17, 15) is 9.59 Å². The number of hydrogen-bond acceptors (Lipinski definition) is 4. The monoisotopic (exact) mass is 302 g/mol. The summed E-state index contributed by atoms with van der Waals surface area (Å²) in [4.78, 5) is 23.1. The van der Waals surface area contributed by atoms with Gasteiger partial charge in [-0.3, -0.25) is 9.59 Å². The first-order valence-electron chi connectivity index (χ1n) is 6.44. The van der Waals surface area contributed by atoms with Gasteiger partial charge in [-0.15, -0.1) is 11.8 Å². The lowest BCUT2D eigenvalue weighted by molar-refractivity contribution is -0.139. The van der Waals surface area contributed by atoms with E-state index in [1.165, 1.54) is 18.7 Å². The molecule has 0 amide bonds. The molecule has 0 aliphatic carbocycles. The zero-order chi connectivity index (χ0) is 15.5. The second-order valence-corrected chi connectivity index (χ2v) is 4.91. The van der Waals surface area contributed by atoms with Crippen molar-refractivity contribution in [1.82, 2.24) is 0 Å². The standard InChI is InChI=1S/C11H12O3S.C6H6/c1-8(12)14-7-10(13)9-5-3-4-6-11(9)15-2;1-2-4-6-5-3-1/h3-6H,7H2,1-2H3;1-6H. The average molecular weight is 302 g/mol. The Morgan fingerprint density at radius 1 is 0.952 bits per heavy atom. The minimum atomic E-state index is -0.440. The van der Waals surface area contributed by atoms with Crippen molar-refractivity contribution in [2.45, 2.75) is 11.8 Å². The van der Waals surface area contributed by atoms with Crippen LogP contribution in [0, 0.1) is 0 Å². The number of carbonyl (C=O) groups excluding carboxylic acids is 2. The summed E-state index contributed by atoms with van der Waals surface area (Å²) in [7, 11) is 0. The van der Waals surface area contributed by atoms with Crippen molar-refractivity contribution >= 4 is 23.5 Å². The Morgan fingerprint density at radius 2 is 1.48 bits per heavy atom. The molecule has 0 unspecified atom stereocenters. The van der Waals surface area contributed by atoms with E-state index in [0.29, 0.717) is 5.56 Å². The summed E-state index contributed by atoms with van der Waals surface area (Å²) in [5, 5.41) is 0. The number of ketones is 1. The Balaban J connectivity index is 0.000000304. The predicted molar refractivity (Wildman–Crippen MR) is 85.6 cm³/mol. The van der Waals surface area contributed by atoms with Crippen molar-refractivity contribution in [2.24, 2.45) is 0 Å². The number of carbonyl (C=O) groups is 2. The van der Waals surface area contributed by atoms with Crippen molar-refractivity contribution in [2.75, 3.05) is 12.9 Å². The van der Waals surface area contributed by atoms with Crippen molar-refractivity contribution < 1.29 is 14.3 Å². The van der Waals surface area contributed by atoms with Gasteiger partial charge >= 0.3 is 5.97 Å². The molecule has 0 aliphatic heterocycles. The second-order valence-electron chi connectivity index (χ2n) is 4.06. The van der Waals surface area contributed by atoms with Crippen LogP contribution in [0.4, 0.5) is 0 Å². The molecule has 0 heterocycles. The number of hydrogen-bond donors (Lipinski definition) is 0. The second kappa shape index (κ2) is 9.77. The van der Waals surface area contributed by atoms with Gasteiger partial charge < -0.3 is 4.74 Å². The topological polar surface area (TPSA) is 43.4 Å². The molecule has 0 saturated heterocycles. The van der Waals surface area contributed by atoms with Gasteiger partial charge in [0, 0.05) is 17.4 Å². The van der Waals surface area contributed by atoms with Crippen molar-refractivity contribution in [3.05, 3.63) is 66.2 Å². The van der Waals surface area contributed by atoms with E-state index in [2.05, 4.69) is 4.74 Å². The Kier molecular flexibility index (Phi) is 7.90. The quantitative estimate of drug-likeness (QED) is 0.489. The number of Topliss-reactive ketones (excluding diaryl/α,β-unsaturated/α-hetero) is 1. The van der Waals surface area contributed by atoms with Crippen LogP contribution >= 0.6 is 11.8 Å². The van der Waals surface area contributed by atoms with Crippen LogP contribution in [-0.2, 0) is 9.53 Å². The molecule has 0 aliphatic rings. The summed E-state index contributed by atoms with van der Waals surface area (Å²) >= 11 is 1.50. The van der Waals surface area contributed by atoms with Gasteiger partial charge in [0.25, 0.3) is 0 Å². The lowest BCUT2D eigenvalue weighted by Gasteiger charge is -2.05. The lowest BCUT2D eigenvalue weighted by Crippen LogP contribution is -2.12. The molecule has 2 aromatic rings. The van der Waals surface area contributed by atoms with Crippen LogP contribution in [0.5, 0.6) is 0 Å². The maximum absolute atomic E-state index is 11.6. The maximum Gasteiger partial charge on any atom is 0.303 e. The van der Waals surface area contributed by atoms with Crippen LogP contribution in [0.3, 0.4) is 0 Å². The molecule has 0 N–H and O–H groups in total. The summed E-state index contributed by atoms with van der Waals surface area (Å²) in [6.45, 7) is 1.10. The molecule has 110 valence electrons. The van der Waals surface area contributed by atoms with E-state index in [-0.39, 0.29) is 12.4 Å². The van der Waals surface area contributed by atoms with Crippen molar-refractivity contribution in [3.63, 3.8) is 0 Å². The summed E-state index contributed by atoms with van der Waals surface area (Å²) in [6, 6.07) is 19.3. The van der Waals surface area contributed by atoms with E-state index >= 15 is 0 Å². The third-order valence-corrected chi connectivity index (χ3v) is 3.28. The number of rotatable bonds is 4. The number of benzene rings is 2. The Bertz CT molecular complexity index is 541. The number of thioether (sulfide) groups is 1. The minimum Gasteiger partial charge on any atom is -0.457 e. The smallest absolute Gasteiger partial charge is 0.303 e. The van der Waals surface area contributed by atoms with E-state index in [1.807, 2.05) is 54.8 Å². The van der Waals surface area contributed by atoms with Gasteiger partial charge in [-0.25, -0.2) is 0 Å². The van der Waals surface area contributed by atoms with Gasteiger partial charge in [0.15, 0.2) is 6.61 Å². The molecule has 0 radical (unpaired) electrons.